The van der Waals surface area contributed by atoms with Crippen molar-refractivity contribution in [2.75, 3.05) is 11.9 Å². The molecule has 1 rings (SSSR count). The van der Waals surface area contributed by atoms with E-state index in [1.807, 2.05) is 0 Å². The number of aromatic carboxylic acids is 1. The van der Waals surface area contributed by atoms with Crippen LogP contribution in [0.4, 0.5) is 5.82 Å². The fraction of sp³-hybridized carbons (Fsp3) is 0.500. The Morgan fingerprint density at radius 2 is 1.90 bits per heavy atom. The Hall–Kier alpha value is -1.78. The van der Waals surface area contributed by atoms with E-state index in [-0.39, 0.29) is 18.2 Å². The van der Waals surface area contributed by atoms with Gasteiger partial charge in [0.05, 0.1) is 12.1 Å². The van der Waals surface area contributed by atoms with Crippen LogP contribution >= 0.6 is 0 Å². The molecule has 0 saturated heterocycles. The number of carbonyl (C=O) groups is 1. The first-order chi connectivity index (χ1) is 8.98. The van der Waals surface area contributed by atoms with Gasteiger partial charge in [-0.1, -0.05) is 0 Å². The molecule has 0 fully saturated rings. The number of hydrogen-bond acceptors (Lipinski definition) is 7. The first-order valence-corrected chi connectivity index (χ1v) is 6.90. The van der Waals surface area contributed by atoms with Crippen LogP contribution in [0.2, 0.25) is 0 Å². The molecular formula is C10H15N3O6S. The van der Waals surface area contributed by atoms with Gasteiger partial charge in [-0.15, -0.1) is 0 Å². The molecule has 0 bridgehead atoms. The van der Waals surface area contributed by atoms with Gasteiger partial charge in [-0.3, -0.25) is 4.55 Å². The summed E-state index contributed by atoms with van der Waals surface area (Å²) in [6, 6.07) is 0. The summed E-state index contributed by atoms with van der Waals surface area (Å²) in [7, 11) is -4.82. The van der Waals surface area contributed by atoms with E-state index in [1.165, 1.54) is 6.92 Å². The van der Waals surface area contributed by atoms with Gasteiger partial charge in [0.25, 0.3) is 0 Å². The second-order valence-electron chi connectivity index (χ2n) is 4.75. The monoisotopic (exact) mass is 305 g/mol. The summed E-state index contributed by atoms with van der Waals surface area (Å²) in [5.74, 6) is -1.95. The number of hydrogen-bond donors (Lipinski definition) is 4. The number of carboxylic acids is 1. The molecule has 0 saturated carbocycles. The van der Waals surface area contributed by atoms with Crippen molar-refractivity contribution >= 4 is 21.9 Å². The van der Waals surface area contributed by atoms with Crippen molar-refractivity contribution in [3.8, 4) is 0 Å². The smallest absolute Gasteiger partial charge is 0.342 e. The molecule has 1 aromatic rings. The molecule has 0 aromatic carbocycles. The van der Waals surface area contributed by atoms with E-state index >= 15 is 0 Å². The molecule has 0 aliphatic rings. The van der Waals surface area contributed by atoms with Gasteiger partial charge in [0.1, 0.15) is 17.2 Å². The SMILES string of the molecule is Cc1nc(NC(C)(C)CO)c(C(=O)O)c(S(=O)(=O)O)n1. The summed E-state index contributed by atoms with van der Waals surface area (Å²) in [5.41, 5.74) is -1.72. The van der Waals surface area contributed by atoms with Crippen LogP contribution in [0.1, 0.15) is 30.0 Å². The Morgan fingerprint density at radius 1 is 1.35 bits per heavy atom. The van der Waals surface area contributed by atoms with Crippen molar-refractivity contribution in [1.29, 1.82) is 0 Å². The topological polar surface area (TPSA) is 150 Å². The molecule has 0 aliphatic heterocycles. The Kier molecular flexibility index (Phi) is 4.32. The number of rotatable bonds is 5. The largest absolute Gasteiger partial charge is 0.477 e. The second-order valence-corrected chi connectivity index (χ2v) is 6.08. The lowest BCUT2D eigenvalue weighted by molar-refractivity contribution is 0.0691. The third-order valence-corrected chi connectivity index (χ3v) is 3.08. The lowest BCUT2D eigenvalue weighted by atomic mass is 10.1. The van der Waals surface area contributed by atoms with E-state index in [9.17, 15) is 13.2 Å². The van der Waals surface area contributed by atoms with Gasteiger partial charge in [0.2, 0.25) is 5.03 Å². The van der Waals surface area contributed by atoms with E-state index in [0.717, 1.165) is 0 Å². The van der Waals surface area contributed by atoms with Crippen LogP contribution in [0.5, 0.6) is 0 Å². The Labute approximate surface area is 115 Å². The van der Waals surface area contributed by atoms with Crippen molar-refractivity contribution < 1.29 is 28.0 Å². The maximum absolute atomic E-state index is 11.2. The Balaban J connectivity index is 3.60. The number of nitrogens with one attached hydrogen (secondary N) is 1. The third kappa shape index (κ3) is 3.62. The van der Waals surface area contributed by atoms with E-state index in [4.69, 9.17) is 14.8 Å². The summed E-state index contributed by atoms with van der Waals surface area (Å²) in [6.45, 7) is 4.11. The van der Waals surface area contributed by atoms with Crippen LogP contribution in [0.3, 0.4) is 0 Å². The number of aryl methyl sites for hydroxylation is 1. The average Bonchev–Trinajstić information content (AvgIpc) is 2.25. The normalized spacial score (nSPS) is 12.2. The minimum absolute atomic E-state index is 0.0427. The van der Waals surface area contributed by atoms with Crippen LogP contribution in [0.15, 0.2) is 5.03 Å². The van der Waals surface area contributed by atoms with Gasteiger partial charge in [-0.25, -0.2) is 14.8 Å². The Morgan fingerprint density at radius 3 is 2.30 bits per heavy atom. The zero-order valence-electron chi connectivity index (χ0n) is 11.1. The number of anilines is 1. The first kappa shape index (κ1) is 16.3. The number of aliphatic hydroxyl groups is 1. The molecule has 0 aliphatic carbocycles. The van der Waals surface area contributed by atoms with Gasteiger partial charge in [-0.2, -0.15) is 8.42 Å². The number of aromatic nitrogens is 2. The van der Waals surface area contributed by atoms with Crippen molar-refractivity contribution in [1.82, 2.24) is 9.97 Å². The van der Waals surface area contributed by atoms with E-state index in [2.05, 4.69) is 15.3 Å². The third-order valence-electron chi connectivity index (χ3n) is 2.30. The van der Waals surface area contributed by atoms with E-state index in [1.54, 1.807) is 13.8 Å². The number of nitrogens with zero attached hydrogens (tertiary/aromatic N) is 2. The van der Waals surface area contributed by atoms with E-state index < -0.39 is 32.2 Å². The predicted molar refractivity (Wildman–Crippen MR) is 68.3 cm³/mol. The molecule has 112 valence electrons. The van der Waals surface area contributed by atoms with Gasteiger partial charge < -0.3 is 15.5 Å². The van der Waals surface area contributed by atoms with Crippen LogP contribution in [0.25, 0.3) is 0 Å². The lowest BCUT2D eigenvalue weighted by Crippen LogP contribution is -2.36. The van der Waals surface area contributed by atoms with Crippen LogP contribution < -0.4 is 5.32 Å². The highest BCUT2D eigenvalue weighted by molar-refractivity contribution is 7.85. The van der Waals surface area contributed by atoms with Gasteiger partial charge in [-0.05, 0) is 20.8 Å². The summed E-state index contributed by atoms with van der Waals surface area (Å²) >= 11 is 0. The molecule has 0 spiro atoms. The van der Waals surface area contributed by atoms with Gasteiger partial charge in [0, 0.05) is 0 Å². The van der Waals surface area contributed by atoms with Crippen molar-refractivity contribution in [2.45, 2.75) is 31.3 Å². The van der Waals surface area contributed by atoms with Gasteiger partial charge in [0.15, 0.2) is 0 Å². The highest BCUT2D eigenvalue weighted by atomic mass is 32.2. The maximum atomic E-state index is 11.2. The van der Waals surface area contributed by atoms with E-state index in [0.29, 0.717) is 0 Å². The molecule has 1 heterocycles. The van der Waals surface area contributed by atoms with Crippen LogP contribution in [0, 0.1) is 6.92 Å². The second kappa shape index (κ2) is 5.31. The minimum atomic E-state index is -4.82. The zero-order valence-corrected chi connectivity index (χ0v) is 11.9. The summed E-state index contributed by atoms with van der Waals surface area (Å²) in [6.07, 6.45) is 0. The van der Waals surface area contributed by atoms with Crippen molar-refractivity contribution in [3.05, 3.63) is 11.4 Å². The van der Waals surface area contributed by atoms with Crippen molar-refractivity contribution in [2.24, 2.45) is 0 Å². The predicted octanol–water partition coefficient (Wildman–Crippen LogP) is -0.0873. The maximum Gasteiger partial charge on any atom is 0.342 e. The molecule has 4 N–H and O–H groups in total. The highest BCUT2D eigenvalue weighted by Crippen LogP contribution is 2.23. The summed E-state index contributed by atoms with van der Waals surface area (Å²) in [5, 5.41) is 19.9. The summed E-state index contributed by atoms with van der Waals surface area (Å²) in [4.78, 5) is 18.5. The highest BCUT2D eigenvalue weighted by Gasteiger charge is 2.30. The average molecular weight is 305 g/mol. The first-order valence-electron chi connectivity index (χ1n) is 5.46. The van der Waals surface area contributed by atoms with Crippen LogP contribution in [-0.2, 0) is 10.1 Å². The molecule has 10 heteroatoms. The zero-order chi connectivity index (χ0) is 15.7. The minimum Gasteiger partial charge on any atom is -0.477 e. The molecule has 20 heavy (non-hydrogen) atoms. The van der Waals surface area contributed by atoms with Crippen molar-refractivity contribution in [3.63, 3.8) is 0 Å². The lowest BCUT2D eigenvalue weighted by Gasteiger charge is -2.25. The fourth-order valence-electron chi connectivity index (χ4n) is 1.38. The fourth-order valence-corrected chi connectivity index (χ4v) is 2.07. The number of aliphatic hydroxyl groups excluding tert-OH is 1. The molecule has 9 nitrogen and oxygen atoms in total. The Bertz CT molecular complexity index is 641. The quantitative estimate of drug-likeness (QED) is 0.432. The van der Waals surface area contributed by atoms with Gasteiger partial charge >= 0.3 is 16.1 Å². The molecule has 0 amide bonds. The number of carboxylic acid groups (broad SMARTS) is 1. The molecule has 0 radical (unpaired) electrons. The molecule has 1 aromatic heterocycles. The standard InChI is InChI=1S/C10H15N3O6S/c1-5-11-7(13-10(2,3)4-14)6(9(15)16)8(12-5)20(17,18)19/h14H,4H2,1-3H3,(H,15,16)(H,11,12,13)(H,17,18,19). The summed E-state index contributed by atoms with van der Waals surface area (Å²) < 4.78 is 31.5. The molecular weight excluding hydrogens is 290 g/mol. The molecule has 0 atom stereocenters. The molecule has 0 unspecified atom stereocenters. The van der Waals surface area contributed by atoms with Crippen LogP contribution in [-0.4, -0.2) is 51.3 Å².